The summed E-state index contributed by atoms with van der Waals surface area (Å²) >= 11 is 1.22. The Morgan fingerprint density at radius 2 is 1.90 bits per heavy atom. The Labute approximate surface area is 123 Å². The highest BCUT2D eigenvalue weighted by molar-refractivity contribution is 8.00. The first-order valence-electron chi connectivity index (χ1n) is 6.42. The highest BCUT2D eigenvalue weighted by Crippen LogP contribution is 2.23. The molecule has 1 rings (SSSR count). The number of amides is 1. The molecule has 1 aromatic rings. The number of thioether (sulfide) groups is 1. The van der Waals surface area contributed by atoms with Crippen LogP contribution in [0.25, 0.3) is 0 Å². The second-order valence-electron chi connectivity index (χ2n) is 3.78. The van der Waals surface area contributed by atoms with Gasteiger partial charge in [-0.25, -0.2) is 0 Å². The van der Waals surface area contributed by atoms with Crippen LogP contribution in [-0.4, -0.2) is 36.6 Å². The van der Waals surface area contributed by atoms with Crippen molar-refractivity contribution in [2.45, 2.75) is 13.8 Å². The maximum Gasteiger partial charge on any atom is 0.315 e. The zero-order valence-corrected chi connectivity index (χ0v) is 12.5. The summed E-state index contributed by atoms with van der Waals surface area (Å²) in [4.78, 5) is 22.9. The van der Waals surface area contributed by atoms with Crippen molar-refractivity contribution in [3.63, 3.8) is 0 Å². The van der Waals surface area contributed by atoms with Gasteiger partial charge in [-0.2, -0.15) is 0 Å². The monoisotopic (exact) mass is 297 g/mol. The van der Waals surface area contributed by atoms with Crippen LogP contribution in [0.5, 0.6) is 5.75 Å². The molecule has 0 unspecified atom stereocenters. The van der Waals surface area contributed by atoms with Gasteiger partial charge in [0.25, 0.3) is 0 Å². The molecule has 0 saturated carbocycles. The summed E-state index contributed by atoms with van der Waals surface area (Å²) in [5.74, 6) is 0.526. The van der Waals surface area contributed by atoms with Gasteiger partial charge in [0.1, 0.15) is 5.75 Å². The van der Waals surface area contributed by atoms with E-state index in [2.05, 4.69) is 5.32 Å². The normalized spacial score (nSPS) is 9.90. The lowest BCUT2D eigenvalue weighted by Gasteiger charge is -2.10. The predicted molar refractivity (Wildman–Crippen MR) is 80.2 cm³/mol. The first kappa shape index (κ1) is 16.4. The molecule has 20 heavy (non-hydrogen) atoms. The number of hydrogen-bond acceptors (Lipinski definition) is 5. The molecular weight excluding hydrogens is 278 g/mol. The van der Waals surface area contributed by atoms with Gasteiger partial charge < -0.3 is 14.8 Å². The van der Waals surface area contributed by atoms with Gasteiger partial charge in [0, 0.05) is 0 Å². The van der Waals surface area contributed by atoms with Crippen molar-refractivity contribution in [1.29, 1.82) is 0 Å². The highest BCUT2D eigenvalue weighted by Gasteiger charge is 2.09. The van der Waals surface area contributed by atoms with E-state index in [1.165, 1.54) is 11.8 Å². The Morgan fingerprint density at radius 1 is 1.15 bits per heavy atom. The van der Waals surface area contributed by atoms with Crippen molar-refractivity contribution in [2.24, 2.45) is 0 Å². The van der Waals surface area contributed by atoms with Crippen LogP contribution < -0.4 is 10.1 Å². The van der Waals surface area contributed by atoms with Crippen LogP contribution >= 0.6 is 11.8 Å². The summed E-state index contributed by atoms with van der Waals surface area (Å²) in [6.45, 7) is 4.52. The topological polar surface area (TPSA) is 64.6 Å². The molecule has 1 amide bonds. The maximum atomic E-state index is 11.8. The third-order valence-electron chi connectivity index (χ3n) is 2.22. The number of benzene rings is 1. The van der Waals surface area contributed by atoms with E-state index in [4.69, 9.17) is 9.47 Å². The lowest BCUT2D eigenvalue weighted by molar-refractivity contribution is -0.139. The first-order valence-corrected chi connectivity index (χ1v) is 7.57. The van der Waals surface area contributed by atoms with Crippen molar-refractivity contribution < 1.29 is 19.1 Å². The van der Waals surface area contributed by atoms with Crippen LogP contribution in [0.3, 0.4) is 0 Å². The molecule has 0 radical (unpaired) electrons. The van der Waals surface area contributed by atoms with Crippen LogP contribution in [-0.2, 0) is 14.3 Å². The molecule has 1 N–H and O–H groups in total. The predicted octanol–water partition coefficient (Wildman–Crippen LogP) is 2.32. The summed E-state index contributed by atoms with van der Waals surface area (Å²) in [7, 11) is 0. The molecule has 0 aromatic heterocycles. The van der Waals surface area contributed by atoms with Crippen molar-refractivity contribution in [2.75, 3.05) is 30.0 Å². The van der Waals surface area contributed by atoms with Gasteiger partial charge in [-0.05, 0) is 26.0 Å². The number of anilines is 1. The fourth-order valence-electron chi connectivity index (χ4n) is 1.47. The summed E-state index contributed by atoms with van der Waals surface area (Å²) in [6, 6.07) is 7.24. The summed E-state index contributed by atoms with van der Waals surface area (Å²) < 4.78 is 10.2. The fourth-order valence-corrected chi connectivity index (χ4v) is 2.08. The van der Waals surface area contributed by atoms with E-state index >= 15 is 0 Å². The number of para-hydroxylation sites is 2. The number of carbonyl (C=O) groups excluding carboxylic acids is 2. The molecule has 0 atom stereocenters. The lowest BCUT2D eigenvalue weighted by atomic mass is 10.3. The molecule has 0 heterocycles. The van der Waals surface area contributed by atoms with E-state index in [1.807, 2.05) is 19.1 Å². The summed E-state index contributed by atoms with van der Waals surface area (Å²) in [5.41, 5.74) is 0.635. The van der Waals surface area contributed by atoms with Gasteiger partial charge in [-0.15, -0.1) is 11.8 Å². The molecule has 110 valence electrons. The zero-order valence-electron chi connectivity index (χ0n) is 11.7. The second-order valence-corrected chi connectivity index (χ2v) is 4.76. The number of nitrogens with one attached hydrogen (secondary N) is 1. The Balaban J connectivity index is 2.40. The number of carbonyl (C=O) groups is 2. The molecule has 5 nitrogen and oxygen atoms in total. The number of esters is 1. The Bertz CT molecular complexity index is 451. The molecule has 0 saturated heterocycles. The standard InChI is InChI=1S/C14H19NO4S/c1-3-18-12-8-6-5-7-11(12)15-13(16)9-20-10-14(17)19-4-2/h5-8H,3-4,9-10H2,1-2H3,(H,15,16). The third-order valence-corrected chi connectivity index (χ3v) is 3.13. The molecule has 0 aliphatic heterocycles. The molecular formula is C14H19NO4S. The van der Waals surface area contributed by atoms with Gasteiger partial charge >= 0.3 is 5.97 Å². The van der Waals surface area contributed by atoms with Crippen LogP contribution in [0.2, 0.25) is 0 Å². The molecule has 0 aliphatic carbocycles. The first-order chi connectivity index (χ1) is 9.67. The van der Waals surface area contributed by atoms with Crippen molar-refractivity contribution in [3.05, 3.63) is 24.3 Å². The van der Waals surface area contributed by atoms with Crippen LogP contribution in [0.1, 0.15) is 13.8 Å². The van der Waals surface area contributed by atoms with Gasteiger partial charge in [-0.3, -0.25) is 9.59 Å². The van der Waals surface area contributed by atoms with E-state index in [0.717, 1.165) is 0 Å². The van der Waals surface area contributed by atoms with Crippen molar-refractivity contribution in [1.82, 2.24) is 0 Å². The number of ether oxygens (including phenoxy) is 2. The minimum absolute atomic E-state index is 0.175. The third kappa shape index (κ3) is 5.97. The van der Waals surface area contributed by atoms with E-state index in [9.17, 15) is 9.59 Å². The lowest BCUT2D eigenvalue weighted by Crippen LogP contribution is -2.16. The van der Waals surface area contributed by atoms with Crippen molar-refractivity contribution >= 4 is 29.3 Å². The molecule has 0 bridgehead atoms. The highest BCUT2D eigenvalue weighted by atomic mass is 32.2. The molecule has 1 aromatic carbocycles. The van der Waals surface area contributed by atoms with E-state index in [-0.39, 0.29) is 23.4 Å². The van der Waals surface area contributed by atoms with Crippen molar-refractivity contribution in [3.8, 4) is 5.75 Å². The van der Waals surface area contributed by atoms with Gasteiger partial charge in [0.05, 0.1) is 30.4 Å². The fraction of sp³-hybridized carbons (Fsp3) is 0.429. The number of hydrogen-bond donors (Lipinski definition) is 1. The zero-order chi connectivity index (χ0) is 14.8. The average Bonchev–Trinajstić information content (AvgIpc) is 2.41. The average molecular weight is 297 g/mol. The van der Waals surface area contributed by atoms with Crippen LogP contribution in [0.4, 0.5) is 5.69 Å². The quantitative estimate of drug-likeness (QED) is 0.746. The minimum Gasteiger partial charge on any atom is -0.492 e. The number of rotatable bonds is 8. The van der Waals surface area contributed by atoms with Gasteiger partial charge in [0.15, 0.2) is 0 Å². The Morgan fingerprint density at radius 3 is 2.60 bits per heavy atom. The molecule has 0 spiro atoms. The van der Waals surface area contributed by atoms with E-state index < -0.39 is 0 Å². The summed E-state index contributed by atoms with van der Waals surface area (Å²) in [5, 5.41) is 2.76. The van der Waals surface area contributed by atoms with Gasteiger partial charge in [-0.1, -0.05) is 12.1 Å². The maximum absolute atomic E-state index is 11.8. The summed E-state index contributed by atoms with van der Waals surface area (Å²) in [6.07, 6.45) is 0. The van der Waals surface area contributed by atoms with E-state index in [0.29, 0.717) is 24.7 Å². The molecule has 6 heteroatoms. The molecule has 0 fully saturated rings. The largest absolute Gasteiger partial charge is 0.492 e. The second kappa shape index (κ2) is 9.25. The van der Waals surface area contributed by atoms with Crippen LogP contribution in [0.15, 0.2) is 24.3 Å². The van der Waals surface area contributed by atoms with Gasteiger partial charge in [0.2, 0.25) is 5.91 Å². The Kier molecular flexibility index (Phi) is 7.57. The molecule has 0 aliphatic rings. The Hall–Kier alpha value is -1.69. The van der Waals surface area contributed by atoms with Crippen LogP contribution in [0, 0.1) is 0 Å². The SMILES string of the molecule is CCOC(=O)CSCC(=O)Nc1ccccc1OCC. The minimum atomic E-state index is -0.306. The van der Waals surface area contributed by atoms with E-state index in [1.54, 1.807) is 19.1 Å². The smallest absolute Gasteiger partial charge is 0.315 e.